The monoisotopic (exact) mass is 528 g/mol. The van der Waals surface area contributed by atoms with Crippen LogP contribution in [0.4, 0.5) is 4.79 Å². The van der Waals surface area contributed by atoms with Gasteiger partial charge in [-0.2, -0.15) is 0 Å². The predicted molar refractivity (Wildman–Crippen MR) is 161 cm³/mol. The van der Waals surface area contributed by atoms with Crippen molar-refractivity contribution in [1.82, 2.24) is 0 Å². The molecule has 0 heterocycles. The number of aliphatic hydroxyl groups excluding tert-OH is 1. The fourth-order valence-electron chi connectivity index (χ4n) is 8.27. The molecular formula is C32H64O3S. The van der Waals surface area contributed by atoms with E-state index in [9.17, 15) is 5.11 Å². The fourth-order valence-corrected chi connectivity index (χ4v) is 8.27. The van der Waals surface area contributed by atoms with Gasteiger partial charge in [0, 0.05) is 0 Å². The van der Waals surface area contributed by atoms with E-state index < -0.39 is 5.30 Å². The van der Waals surface area contributed by atoms with E-state index in [1.54, 1.807) is 0 Å². The van der Waals surface area contributed by atoms with Crippen LogP contribution in [0.1, 0.15) is 146 Å². The van der Waals surface area contributed by atoms with E-state index in [1.807, 2.05) is 13.8 Å². The lowest BCUT2D eigenvalue weighted by Gasteiger charge is -2.49. The molecule has 3 aliphatic carbocycles. The van der Waals surface area contributed by atoms with Crippen LogP contribution in [0.3, 0.4) is 0 Å². The van der Waals surface area contributed by atoms with Crippen molar-refractivity contribution < 1.29 is 15.0 Å². The SMILES string of the molecule is C.CC.CC[C@@H](CC1CCCC2(C)C(CCCC(C)C)CCC12)C1C[C@H](O)CCC1(C)C.O=C(O)S. The van der Waals surface area contributed by atoms with E-state index in [4.69, 9.17) is 9.90 Å². The van der Waals surface area contributed by atoms with Gasteiger partial charge in [0.25, 0.3) is 0 Å². The molecule has 216 valence electrons. The normalized spacial score (nSPS) is 33.7. The third-order valence-corrected chi connectivity index (χ3v) is 10.1. The van der Waals surface area contributed by atoms with Crippen LogP contribution in [0.15, 0.2) is 0 Å². The lowest BCUT2D eigenvalue weighted by molar-refractivity contribution is -0.0225. The summed E-state index contributed by atoms with van der Waals surface area (Å²) in [7, 11) is 0. The second-order valence-corrected chi connectivity index (χ2v) is 13.5. The molecular weight excluding hydrogens is 464 g/mol. The Balaban J connectivity index is 0.00000159. The average Bonchev–Trinajstić information content (AvgIpc) is 3.11. The molecule has 3 saturated carbocycles. The van der Waals surface area contributed by atoms with Crippen LogP contribution in [0.25, 0.3) is 0 Å². The van der Waals surface area contributed by atoms with E-state index in [-0.39, 0.29) is 13.5 Å². The smallest absolute Gasteiger partial charge is 0.361 e. The number of fused-ring (bicyclic) bond motifs is 1. The third kappa shape index (κ3) is 10.2. The maximum atomic E-state index is 10.4. The Kier molecular flexibility index (Phi) is 16.6. The zero-order valence-electron chi connectivity index (χ0n) is 24.5. The molecule has 0 aromatic rings. The van der Waals surface area contributed by atoms with Crippen molar-refractivity contribution in [2.75, 3.05) is 0 Å². The first-order chi connectivity index (χ1) is 16.4. The standard InChI is InChI=1S/C28H52O.C2H6.CH2O2S.CH4/c1-7-21(26-19-24(29)15-17-27(26,4)5)18-22-11-9-16-28(6)23(13-14-25(22)28)12-8-10-20(2)3;1-2;2-1(3)4;/h20-26,29H,7-19H2,1-6H3;1-2H3;4H,(H,2,3);1H4/t21-,22?,23?,24+,25?,26?,28?;;;/m0.../s1. The highest BCUT2D eigenvalue weighted by atomic mass is 32.1. The Bertz CT molecular complexity index is 600. The van der Waals surface area contributed by atoms with Crippen molar-refractivity contribution >= 4 is 17.9 Å². The highest BCUT2D eigenvalue weighted by Gasteiger charge is 2.51. The molecule has 5 unspecified atom stereocenters. The first kappa shape index (κ1) is 35.8. The number of aliphatic hydroxyl groups is 1. The van der Waals surface area contributed by atoms with Gasteiger partial charge in [-0.15, -0.1) is 0 Å². The van der Waals surface area contributed by atoms with Gasteiger partial charge in [0.05, 0.1) is 6.10 Å². The lowest BCUT2D eigenvalue weighted by atomic mass is 9.56. The van der Waals surface area contributed by atoms with Crippen molar-refractivity contribution in [3.8, 4) is 0 Å². The minimum Gasteiger partial charge on any atom is -0.473 e. The van der Waals surface area contributed by atoms with Gasteiger partial charge in [-0.25, -0.2) is 4.79 Å². The van der Waals surface area contributed by atoms with Crippen LogP contribution >= 0.6 is 12.6 Å². The van der Waals surface area contributed by atoms with E-state index in [2.05, 4.69) is 54.2 Å². The zero-order valence-corrected chi connectivity index (χ0v) is 25.4. The van der Waals surface area contributed by atoms with Crippen LogP contribution in [-0.2, 0) is 0 Å². The topological polar surface area (TPSA) is 57.5 Å². The van der Waals surface area contributed by atoms with E-state index in [0.717, 1.165) is 42.4 Å². The molecule has 0 spiro atoms. The summed E-state index contributed by atoms with van der Waals surface area (Å²) in [6.45, 7) is 18.8. The summed E-state index contributed by atoms with van der Waals surface area (Å²) in [5.74, 6) is 5.30. The Morgan fingerprint density at radius 2 is 1.67 bits per heavy atom. The molecule has 3 aliphatic rings. The first-order valence-corrected chi connectivity index (χ1v) is 15.4. The van der Waals surface area contributed by atoms with Gasteiger partial charge in [0.15, 0.2) is 0 Å². The van der Waals surface area contributed by atoms with Crippen molar-refractivity contribution in [2.24, 2.45) is 46.3 Å². The molecule has 7 atom stereocenters. The Hall–Kier alpha value is -0.220. The van der Waals surface area contributed by atoms with Crippen LogP contribution in [0.2, 0.25) is 0 Å². The summed E-state index contributed by atoms with van der Waals surface area (Å²) in [5, 5.41) is 16.6. The van der Waals surface area contributed by atoms with E-state index in [0.29, 0.717) is 16.7 Å². The molecule has 0 aromatic heterocycles. The predicted octanol–water partition coefficient (Wildman–Crippen LogP) is 10.5. The number of thiol groups is 1. The van der Waals surface area contributed by atoms with Gasteiger partial charge in [-0.05, 0) is 97.7 Å². The van der Waals surface area contributed by atoms with Gasteiger partial charge >= 0.3 is 5.30 Å². The van der Waals surface area contributed by atoms with Gasteiger partial charge in [0.1, 0.15) is 0 Å². The van der Waals surface area contributed by atoms with E-state index in [1.165, 1.54) is 70.6 Å². The minimum absolute atomic E-state index is 0. The van der Waals surface area contributed by atoms with Crippen LogP contribution < -0.4 is 0 Å². The second kappa shape index (κ2) is 16.7. The Morgan fingerprint density at radius 3 is 2.22 bits per heavy atom. The minimum atomic E-state index is -1.14. The third-order valence-electron chi connectivity index (χ3n) is 10.1. The van der Waals surface area contributed by atoms with Crippen molar-refractivity contribution in [3.63, 3.8) is 0 Å². The summed E-state index contributed by atoms with van der Waals surface area (Å²) < 4.78 is 0. The van der Waals surface area contributed by atoms with Crippen molar-refractivity contribution in [1.29, 1.82) is 0 Å². The summed E-state index contributed by atoms with van der Waals surface area (Å²) in [5.41, 5.74) is 1.03. The van der Waals surface area contributed by atoms with Crippen LogP contribution in [0, 0.1) is 46.3 Å². The molecule has 0 bridgehead atoms. The molecule has 0 aromatic carbocycles. The molecule has 3 nitrogen and oxygen atoms in total. The summed E-state index contributed by atoms with van der Waals surface area (Å²) in [6.07, 6.45) is 17.8. The molecule has 36 heavy (non-hydrogen) atoms. The highest BCUT2D eigenvalue weighted by molar-refractivity contribution is 7.96. The Morgan fingerprint density at radius 1 is 1.06 bits per heavy atom. The molecule has 0 radical (unpaired) electrons. The quantitative estimate of drug-likeness (QED) is 0.275. The van der Waals surface area contributed by atoms with Gasteiger partial charge in [-0.1, -0.05) is 108 Å². The molecule has 0 amide bonds. The molecule has 4 heteroatoms. The average molecular weight is 529 g/mol. The maximum Gasteiger partial charge on any atom is 0.361 e. The van der Waals surface area contributed by atoms with Gasteiger partial charge in [-0.3, -0.25) is 0 Å². The van der Waals surface area contributed by atoms with E-state index >= 15 is 0 Å². The van der Waals surface area contributed by atoms with Crippen LogP contribution in [-0.4, -0.2) is 21.6 Å². The molecule has 2 N–H and O–H groups in total. The number of rotatable bonds is 8. The zero-order chi connectivity index (χ0) is 26.8. The second-order valence-electron chi connectivity index (χ2n) is 13.1. The van der Waals surface area contributed by atoms with Gasteiger partial charge < -0.3 is 10.2 Å². The maximum absolute atomic E-state index is 10.4. The largest absolute Gasteiger partial charge is 0.473 e. The highest BCUT2D eigenvalue weighted by Crippen LogP contribution is 2.60. The summed E-state index contributed by atoms with van der Waals surface area (Å²) in [4.78, 5) is 8.86. The molecule has 3 fully saturated rings. The first-order valence-electron chi connectivity index (χ1n) is 15.0. The molecule has 3 rings (SSSR count). The van der Waals surface area contributed by atoms with Gasteiger partial charge in [0.2, 0.25) is 0 Å². The molecule has 0 saturated heterocycles. The van der Waals surface area contributed by atoms with Crippen molar-refractivity contribution in [3.05, 3.63) is 0 Å². The summed E-state index contributed by atoms with van der Waals surface area (Å²) >= 11 is 2.88. The number of hydrogen-bond donors (Lipinski definition) is 3. The van der Waals surface area contributed by atoms with Crippen molar-refractivity contribution in [2.45, 2.75) is 152 Å². The number of carboxylic acid groups (broad SMARTS) is 1. The molecule has 0 aliphatic heterocycles. The fraction of sp³-hybridized carbons (Fsp3) is 0.969. The number of hydrogen-bond acceptors (Lipinski definition) is 2. The lowest BCUT2D eigenvalue weighted by Crippen LogP contribution is -2.42. The summed E-state index contributed by atoms with van der Waals surface area (Å²) in [6, 6.07) is 0. The van der Waals surface area contributed by atoms with Crippen LogP contribution in [0.5, 0.6) is 0 Å². The number of carbonyl (C=O) groups is 1. The Labute approximate surface area is 231 Å².